The van der Waals surface area contributed by atoms with Crippen LogP contribution in [-0.2, 0) is 0 Å². The first kappa shape index (κ1) is 20.7. The van der Waals surface area contributed by atoms with Gasteiger partial charge in [-0.15, -0.1) is 0 Å². The summed E-state index contributed by atoms with van der Waals surface area (Å²) in [5, 5.41) is 6.55. The predicted molar refractivity (Wildman–Crippen MR) is 113 cm³/mol. The first-order valence-electron chi connectivity index (χ1n) is 9.79. The highest BCUT2D eigenvalue weighted by Gasteiger charge is 2.23. The van der Waals surface area contributed by atoms with Gasteiger partial charge in [0, 0.05) is 44.0 Å². The van der Waals surface area contributed by atoms with Gasteiger partial charge in [0.2, 0.25) is 5.95 Å². The number of benzene rings is 1. The van der Waals surface area contributed by atoms with E-state index in [-0.39, 0.29) is 11.9 Å². The smallest absolute Gasteiger partial charge is 0.251 e. The van der Waals surface area contributed by atoms with Crippen LogP contribution >= 0.6 is 0 Å². The molecule has 2 aromatic rings. The third-order valence-corrected chi connectivity index (χ3v) is 5.11. The van der Waals surface area contributed by atoms with Crippen molar-refractivity contribution < 1.29 is 14.3 Å². The fourth-order valence-corrected chi connectivity index (χ4v) is 3.44. The molecule has 0 radical (unpaired) electrons. The number of rotatable bonds is 7. The van der Waals surface area contributed by atoms with E-state index in [4.69, 9.17) is 9.47 Å². The van der Waals surface area contributed by atoms with Crippen molar-refractivity contribution in [1.29, 1.82) is 0 Å². The molecule has 1 aliphatic carbocycles. The zero-order valence-corrected chi connectivity index (χ0v) is 17.4. The molecule has 0 unspecified atom stereocenters. The summed E-state index contributed by atoms with van der Waals surface area (Å²) in [5.74, 6) is 2.61. The van der Waals surface area contributed by atoms with Crippen LogP contribution in [0.5, 0.6) is 11.5 Å². The molecular formula is C21H29N5O3. The molecule has 156 valence electrons. The third kappa shape index (κ3) is 5.49. The van der Waals surface area contributed by atoms with Crippen molar-refractivity contribution in [2.24, 2.45) is 0 Å². The molecule has 1 aromatic heterocycles. The molecule has 1 saturated carbocycles. The van der Waals surface area contributed by atoms with Gasteiger partial charge in [-0.2, -0.15) is 4.98 Å². The number of aromatic nitrogens is 2. The lowest BCUT2D eigenvalue weighted by atomic mass is 9.91. The Kier molecular flexibility index (Phi) is 6.74. The Morgan fingerprint density at radius 3 is 2.24 bits per heavy atom. The first-order chi connectivity index (χ1) is 14.0. The lowest BCUT2D eigenvalue weighted by Crippen LogP contribution is -2.40. The summed E-state index contributed by atoms with van der Waals surface area (Å²) in [5.41, 5.74) is 0.537. The fraction of sp³-hybridized carbons (Fsp3) is 0.476. The number of anilines is 2. The van der Waals surface area contributed by atoms with Crippen LogP contribution in [-0.4, -0.2) is 56.3 Å². The highest BCUT2D eigenvalue weighted by atomic mass is 16.5. The lowest BCUT2D eigenvalue weighted by molar-refractivity contribution is 0.0926. The van der Waals surface area contributed by atoms with E-state index in [0.717, 1.165) is 31.5 Å². The number of ether oxygens (including phenoxy) is 2. The van der Waals surface area contributed by atoms with E-state index in [2.05, 4.69) is 20.6 Å². The number of hydrogen-bond donors (Lipinski definition) is 2. The minimum atomic E-state index is -0.111. The molecule has 0 bridgehead atoms. The summed E-state index contributed by atoms with van der Waals surface area (Å²) in [4.78, 5) is 23.4. The Morgan fingerprint density at radius 1 is 1.03 bits per heavy atom. The summed E-state index contributed by atoms with van der Waals surface area (Å²) >= 11 is 0. The van der Waals surface area contributed by atoms with Crippen molar-refractivity contribution in [1.82, 2.24) is 15.3 Å². The minimum absolute atomic E-state index is 0.111. The summed E-state index contributed by atoms with van der Waals surface area (Å²) in [7, 11) is 7.06. The molecule has 0 spiro atoms. The van der Waals surface area contributed by atoms with Crippen LogP contribution in [0.1, 0.15) is 36.0 Å². The van der Waals surface area contributed by atoms with Gasteiger partial charge in [0.25, 0.3) is 5.91 Å². The Morgan fingerprint density at radius 2 is 1.66 bits per heavy atom. The lowest BCUT2D eigenvalue weighted by Gasteiger charge is -2.29. The van der Waals surface area contributed by atoms with E-state index in [1.54, 1.807) is 38.6 Å². The highest BCUT2D eigenvalue weighted by molar-refractivity contribution is 5.95. The minimum Gasteiger partial charge on any atom is -0.497 e. The number of methoxy groups -OCH3 is 2. The maximum Gasteiger partial charge on any atom is 0.251 e. The van der Waals surface area contributed by atoms with Crippen molar-refractivity contribution >= 4 is 17.7 Å². The van der Waals surface area contributed by atoms with Gasteiger partial charge in [-0.3, -0.25) is 4.79 Å². The second kappa shape index (κ2) is 9.45. The number of carbonyl (C=O) groups is 1. The van der Waals surface area contributed by atoms with Crippen molar-refractivity contribution in [2.75, 3.05) is 38.5 Å². The number of amides is 1. The summed E-state index contributed by atoms with van der Waals surface area (Å²) in [6.07, 6.45) is 5.46. The second-order valence-corrected chi connectivity index (χ2v) is 7.40. The number of carbonyl (C=O) groups excluding carboxylic acids is 1. The molecular weight excluding hydrogens is 370 g/mol. The predicted octanol–water partition coefficient (Wildman–Crippen LogP) is 2.71. The van der Waals surface area contributed by atoms with Crippen LogP contribution in [0.15, 0.2) is 30.5 Å². The molecule has 0 saturated heterocycles. The van der Waals surface area contributed by atoms with Gasteiger partial charge in [0.05, 0.1) is 14.2 Å². The average molecular weight is 399 g/mol. The molecule has 1 heterocycles. The molecule has 0 atom stereocenters. The molecule has 0 aliphatic heterocycles. The molecule has 8 nitrogen and oxygen atoms in total. The summed E-state index contributed by atoms with van der Waals surface area (Å²) in [6, 6.07) is 7.52. The zero-order valence-electron chi connectivity index (χ0n) is 17.4. The van der Waals surface area contributed by atoms with Gasteiger partial charge in [-0.25, -0.2) is 4.98 Å². The van der Waals surface area contributed by atoms with Crippen molar-refractivity contribution in [2.45, 2.75) is 37.8 Å². The van der Waals surface area contributed by atoms with Gasteiger partial charge >= 0.3 is 0 Å². The van der Waals surface area contributed by atoms with Gasteiger partial charge in [0.15, 0.2) is 0 Å². The number of hydrogen-bond acceptors (Lipinski definition) is 7. The SMILES string of the molecule is COc1cc(OC)cc(C(=O)NC2CCC(Nc3nccc(N(C)C)n3)CC2)c1. The topological polar surface area (TPSA) is 88.6 Å². The molecule has 3 rings (SSSR count). The van der Waals surface area contributed by atoms with Crippen molar-refractivity contribution in [3.05, 3.63) is 36.0 Å². The molecule has 1 fully saturated rings. The van der Waals surface area contributed by atoms with Crippen LogP contribution in [0.25, 0.3) is 0 Å². The van der Waals surface area contributed by atoms with Gasteiger partial charge in [-0.1, -0.05) is 0 Å². The van der Waals surface area contributed by atoms with E-state index in [1.807, 2.05) is 25.1 Å². The Bertz CT molecular complexity index is 813. The van der Waals surface area contributed by atoms with Gasteiger partial charge < -0.3 is 25.0 Å². The summed E-state index contributed by atoms with van der Waals surface area (Å²) < 4.78 is 10.5. The monoisotopic (exact) mass is 399 g/mol. The molecule has 8 heteroatoms. The van der Waals surface area contributed by atoms with Crippen LogP contribution in [0.4, 0.5) is 11.8 Å². The van der Waals surface area contributed by atoms with Gasteiger partial charge in [0.1, 0.15) is 17.3 Å². The molecule has 29 heavy (non-hydrogen) atoms. The number of nitrogens with zero attached hydrogens (tertiary/aromatic N) is 3. The van der Waals surface area contributed by atoms with E-state index >= 15 is 0 Å². The standard InChI is InChI=1S/C21H29N5O3/c1-26(2)19-9-10-22-21(25-19)24-16-7-5-15(6-8-16)23-20(27)14-11-17(28-3)13-18(12-14)29-4/h9-13,15-16H,5-8H2,1-4H3,(H,23,27)(H,22,24,25). The van der Waals surface area contributed by atoms with E-state index in [1.165, 1.54) is 0 Å². The van der Waals surface area contributed by atoms with Crippen molar-refractivity contribution in [3.8, 4) is 11.5 Å². The molecule has 2 N–H and O–H groups in total. The highest BCUT2D eigenvalue weighted by Crippen LogP contribution is 2.25. The third-order valence-electron chi connectivity index (χ3n) is 5.11. The van der Waals surface area contributed by atoms with Crippen LogP contribution in [0, 0.1) is 0 Å². The first-order valence-corrected chi connectivity index (χ1v) is 9.79. The van der Waals surface area contributed by atoms with Crippen LogP contribution in [0.2, 0.25) is 0 Å². The summed E-state index contributed by atoms with van der Waals surface area (Å²) in [6.45, 7) is 0. The second-order valence-electron chi connectivity index (χ2n) is 7.40. The normalized spacial score (nSPS) is 18.6. The Labute approximate surface area is 171 Å². The average Bonchev–Trinajstić information content (AvgIpc) is 2.74. The van der Waals surface area contributed by atoms with Gasteiger partial charge in [-0.05, 0) is 43.9 Å². The molecule has 1 amide bonds. The maximum atomic E-state index is 12.7. The van der Waals surface area contributed by atoms with E-state index in [0.29, 0.717) is 29.1 Å². The number of nitrogens with one attached hydrogen (secondary N) is 2. The maximum absolute atomic E-state index is 12.7. The van der Waals surface area contributed by atoms with E-state index < -0.39 is 0 Å². The quantitative estimate of drug-likeness (QED) is 0.740. The van der Waals surface area contributed by atoms with Crippen LogP contribution in [0.3, 0.4) is 0 Å². The van der Waals surface area contributed by atoms with Crippen LogP contribution < -0.4 is 25.0 Å². The largest absolute Gasteiger partial charge is 0.497 e. The Hall–Kier alpha value is -3.03. The zero-order chi connectivity index (χ0) is 20.8. The van der Waals surface area contributed by atoms with E-state index in [9.17, 15) is 4.79 Å². The Balaban J connectivity index is 1.53. The van der Waals surface area contributed by atoms with Crippen molar-refractivity contribution in [3.63, 3.8) is 0 Å². The fourth-order valence-electron chi connectivity index (χ4n) is 3.44. The molecule has 1 aliphatic rings. The molecule has 1 aromatic carbocycles.